The molecule has 1 saturated heterocycles. The first kappa shape index (κ1) is 13.1. The number of rotatable bonds is 2. The van der Waals surface area contributed by atoms with Gasteiger partial charge in [0.25, 0.3) is 0 Å². The lowest BCUT2D eigenvalue weighted by molar-refractivity contribution is -0.140. The van der Waals surface area contributed by atoms with E-state index in [4.69, 9.17) is 4.74 Å². The van der Waals surface area contributed by atoms with Crippen LogP contribution in [0, 0.1) is 5.82 Å². The molecule has 1 aliphatic heterocycles. The Labute approximate surface area is 102 Å². The third-order valence-electron chi connectivity index (χ3n) is 2.80. The Bertz CT molecular complexity index is 413. The highest BCUT2D eigenvalue weighted by molar-refractivity contribution is 5.30. The molecule has 2 nitrogen and oxygen atoms in total. The highest BCUT2D eigenvalue weighted by Gasteiger charge is 2.34. The molecule has 100 valence electrons. The number of hydrogen-bond donors (Lipinski definition) is 1. The van der Waals surface area contributed by atoms with E-state index in [0.29, 0.717) is 12.6 Å². The summed E-state index contributed by atoms with van der Waals surface area (Å²) in [6, 6.07) is 2.65. The first-order valence-electron chi connectivity index (χ1n) is 5.71. The van der Waals surface area contributed by atoms with Crippen molar-refractivity contribution >= 4 is 0 Å². The molecule has 1 N–H and O–H groups in total. The monoisotopic (exact) mass is 263 g/mol. The molecule has 2 rings (SSSR count). The second-order valence-corrected chi connectivity index (χ2v) is 4.23. The van der Waals surface area contributed by atoms with Crippen molar-refractivity contribution in [1.29, 1.82) is 0 Å². The molecule has 1 aromatic carbocycles. The Kier molecular flexibility index (Phi) is 3.75. The maximum atomic E-state index is 13.3. The van der Waals surface area contributed by atoms with Crippen molar-refractivity contribution in [1.82, 2.24) is 5.32 Å². The summed E-state index contributed by atoms with van der Waals surface area (Å²) in [4.78, 5) is 0. The first-order chi connectivity index (χ1) is 8.47. The van der Waals surface area contributed by atoms with Crippen LogP contribution in [0.1, 0.15) is 18.4 Å². The molecule has 18 heavy (non-hydrogen) atoms. The Hall–Kier alpha value is -1.30. The van der Waals surface area contributed by atoms with E-state index < -0.39 is 17.6 Å². The maximum Gasteiger partial charge on any atom is 0.419 e. The molecule has 6 heteroatoms. The predicted molar refractivity (Wildman–Crippen MR) is 57.9 cm³/mol. The van der Waals surface area contributed by atoms with E-state index in [-0.39, 0.29) is 11.9 Å². The average molecular weight is 263 g/mol. The minimum Gasteiger partial charge on any atom is -0.489 e. The molecule has 0 saturated carbocycles. The summed E-state index contributed by atoms with van der Waals surface area (Å²) >= 11 is 0. The summed E-state index contributed by atoms with van der Waals surface area (Å²) in [6.07, 6.45) is -3.03. The minimum absolute atomic E-state index is 0.116. The van der Waals surface area contributed by atoms with E-state index in [0.717, 1.165) is 31.5 Å². The molecule has 0 aromatic heterocycles. The molecule has 1 unspecified atom stereocenters. The molecule has 1 aromatic rings. The van der Waals surface area contributed by atoms with Crippen LogP contribution >= 0.6 is 0 Å². The highest BCUT2D eigenvalue weighted by Crippen LogP contribution is 2.33. The summed E-state index contributed by atoms with van der Waals surface area (Å²) in [5.74, 6) is -1.17. The highest BCUT2D eigenvalue weighted by atomic mass is 19.4. The Morgan fingerprint density at radius 1 is 1.28 bits per heavy atom. The van der Waals surface area contributed by atoms with Crippen LogP contribution in [0.3, 0.4) is 0 Å². The van der Waals surface area contributed by atoms with Gasteiger partial charge >= 0.3 is 6.18 Å². The van der Waals surface area contributed by atoms with Gasteiger partial charge in [-0.05, 0) is 31.5 Å². The SMILES string of the molecule is Fc1cc(OC2CCCNC2)ccc1C(F)(F)F. The molecule has 0 radical (unpaired) electrons. The smallest absolute Gasteiger partial charge is 0.419 e. The zero-order chi connectivity index (χ0) is 13.2. The fourth-order valence-electron chi connectivity index (χ4n) is 1.91. The molecule has 0 aliphatic carbocycles. The molecule has 1 aliphatic rings. The van der Waals surface area contributed by atoms with Crippen molar-refractivity contribution in [3.8, 4) is 5.75 Å². The Morgan fingerprint density at radius 3 is 2.61 bits per heavy atom. The van der Waals surface area contributed by atoms with E-state index >= 15 is 0 Å². The number of halogens is 4. The lowest BCUT2D eigenvalue weighted by Gasteiger charge is -2.24. The van der Waals surface area contributed by atoms with Crippen LogP contribution in [0.4, 0.5) is 17.6 Å². The molecule has 0 spiro atoms. The summed E-state index contributed by atoms with van der Waals surface area (Å²) in [6.45, 7) is 1.53. The largest absolute Gasteiger partial charge is 0.489 e. The van der Waals surface area contributed by atoms with E-state index in [1.54, 1.807) is 0 Å². The maximum absolute atomic E-state index is 13.3. The minimum atomic E-state index is -4.67. The molecule has 1 atom stereocenters. The molecular formula is C12H13F4NO. The Morgan fingerprint density at radius 2 is 2.06 bits per heavy atom. The fourth-order valence-corrected chi connectivity index (χ4v) is 1.91. The number of piperidine rings is 1. The quantitative estimate of drug-likeness (QED) is 0.828. The number of ether oxygens (including phenoxy) is 1. The number of hydrogen-bond acceptors (Lipinski definition) is 2. The molecule has 1 fully saturated rings. The van der Waals surface area contributed by atoms with Crippen molar-refractivity contribution in [2.75, 3.05) is 13.1 Å². The van der Waals surface area contributed by atoms with Crippen molar-refractivity contribution in [2.24, 2.45) is 0 Å². The average Bonchev–Trinajstić information content (AvgIpc) is 2.28. The van der Waals surface area contributed by atoms with Crippen LogP contribution in [0.5, 0.6) is 5.75 Å². The van der Waals surface area contributed by atoms with Gasteiger partial charge in [0, 0.05) is 12.6 Å². The van der Waals surface area contributed by atoms with E-state index in [2.05, 4.69) is 5.32 Å². The van der Waals surface area contributed by atoms with E-state index in [1.807, 2.05) is 0 Å². The Balaban J connectivity index is 2.08. The van der Waals surface area contributed by atoms with Crippen molar-refractivity contribution < 1.29 is 22.3 Å². The second kappa shape index (κ2) is 5.14. The van der Waals surface area contributed by atoms with Gasteiger partial charge in [0.05, 0.1) is 5.56 Å². The van der Waals surface area contributed by atoms with Crippen LogP contribution < -0.4 is 10.1 Å². The van der Waals surface area contributed by atoms with Gasteiger partial charge in [0.2, 0.25) is 0 Å². The number of alkyl halides is 3. The van der Waals surface area contributed by atoms with Crippen LogP contribution in [-0.2, 0) is 6.18 Å². The van der Waals surface area contributed by atoms with Crippen LogP contribution in [-0.4, -0.2) is 19.2 Å². The van der Waals surface area contributed by atoms with Crippen LogP contribution in [0.25, 0.3) is 0 Å². The third kappa shape index (κ3) is 3.13. The van der Waals surface area contributed by atoms with Gasteiger partial charge < -0.3 is 10.1 Å². The molecule has 0 bridgehead atoms. The number of nitrogens with one attached hydrogen (secondary N) is 1. The zero-order valence-corrected chi connectivity index (χ0v) is 9.56. The number of benzene rings is 1. The van der Waals surface area contributed by atoms with Crippen molar-refractivity contribution in [3.63, 3.8) is 0 Å². The van der Waals surface area contributed by atoms with Gasteiger partial charge in [0.1, 0.15) is 17.7 Å². The van der Waals surface area contributed by atoms with Gasteiger partial charge in [-0.1, -0.05) is 0 Å². The van der Waals surface area contributed by atoms with Gasteiger partial charge in [-0.2, -0.15) is 13.2 Å². The summed E-state index contributed by atoms with van der Waals surface area (Å²) in [7, 11) is 0. The summed E-state index contributed by atoms with van der Waals surface area (Å²) in [5, 5.41) is 3.11. The molecule has 1 heterocycles. The van der Waals surface area contributed by atoms with Crippen LogP contribution in [0.2, 0.25) is 0 Å². The second-order valence-electron chi connectivity index (χ2n) is 4.23. The van der Waals surface area contributed by atoms with Gasteiger partial charge in [-0.15, -0.1) is 0 Å². The normalized spacial score (nSPS) is 20.8. The third-order valence-corrected chi connectivity index (χ3v) is 2.80. The van der Waals surface area contributed by atoms with Crippen molar-refractivity contribution in [2.45, 2.75) is 25.1 Å². The first-order valence-corrected chi connectivity index (χ1v) is 5.71. The fraction of sp³-hybridized carbons (Fsp3) is 0.500. The van der Waals surface area contributed by atoms with E-state index in [1.165, 1.54) is 0 Å². The van der Waals surface area contributed by atoms with Gasteiger partial charge in [-0.25, -0.2) is 4.39 Å². The lowest BCUT2D eigenvalue weighted by Crippen LogP contribution is -2.37. The van der Waals surface area contributed by atoms with Gasteiger partial charge in [-0.3, -0.25) is 0 Å². The van der Waals surface area contributed by atoms with Crippen molar-refractivity contribution in [3.05, 3.63) is 29.6 Å². The lowest BCUT2D eigenvalue weighted by atomic mass is 10.1. The van der Waals surface area contributed by atoms with E-state index in [9.17, 15) is 17.6 Å². The molecular weight excluding hydrogens is 250 g/mol. The molecule has 0 amide bonds. The summed E-state index contributed by atoms with van der Waals surface area (Å²) < 4.78 is 55.8. The predicted octanol–water partition coefficient (Wildman–Crippen LogP) is 2.98. The van der Waals surface area contributed by atoms with Crippen LogP contribution in [0.15, 0.2) is 18.2 Å². The standard InChI is InChI=1S/C12H13F4NO/c13-11-6-8(3-4-10(11)12(14,15)16)18-9-2-1-5-17-7-9/h3-4,6,9,17H,1-2,5,7H2. The zero-order valence-electron chi connectivity index (χ0n) is 9.56. The topological polar surface area (TPSA) is 21.3 Å². The van der Waals surface area contributed by atoms with Gasteiger partial charge in [0.15, 0.2) is 0 Å². The summed E-state index contributed by atoms with van der Waals surface area (Å²) in [5.41, 5.74) is -1.27.